The lowest BCUT2D eigenvalue weighted by Crippen LogP contribution is -2.22. The first kappa shape index (κ1) is 7.13. The van der Waals surface area contributed by atoms with Gasteiger partial charge in [-0.25, -0.2) is 4.94 Å². The second kappa shape index (κ2) is 3.25. The third kappa shape index (κ3) is 1.76. The molecule has 0 saturated heterocycles. The molecule has 0 fully saturated rings. The Morgan fingerprint density at radius 1 is 1.90 bits per heavy atom. The molecular weight excluding hydrogens is 134 g/mol. The minimum atomic E-state index is 0.521. The van der Waals surface area contributed by atoms with E-state index < -0.39 is 0 Å². The molecule has 0 saturated carbocycles. The molecule has 0 aliphatic heterocycles. The Kier molecular flexibility index (Phi) is 2.32. The minimum absolute atomic E-state index is 0.521. The van der Waals surface area contributed by atoms with Crippen LogP contribution in [0.4, 0.5) is 0 Å². The first-order chi connectivity index (χ1) is 4.83. The lowest BCUT2D eigenvalue weighted by atomic mass is 10.5. The van der Waals surface area contributed by atoms with Crippen molar-refractivity contribution >= 4 is 0 Å². The fraction of sp³-hybridized carbons (Fsp3) is 0.500. The smallest absolute Gasteiger partial charge is 0.0989 e. The van der Waals surface area contributed by atoms with E-state index in [0.29, 0.717) is 6.54 Å². The predicted octanol–water partition coefficient (Wildman–Crippen LogP) is -0.958. The summed E-state index contributed by atoms with van der Waals surface area (Å²) in [6.07, 6.45) is 1.68. The molecule has 1 rings (SSSR count). The number of nitrogens with one attached hydrogen (secondary N) is 1. The van der Waals surface area contributed by atoms with Crippen molar-refractivity contribution in [2.75, 3.05) is 7.05 Å². The van der Waals surface area contributed by atoms with Gasteiger partial charge in [0.1, 0.15) is 0 Å². The summed E-state index contributed by atoms with van der Waals surface area (Å²) in [7, 11) is 1.70. The molecule has 10 heavy (non-hydrogen) atoms. The quantitative estimate of drug-likeness (QED) is 0.533. The van der Waals surface area contributed by atoms with Crippen LogP contribution in [0.25, 0.3) is 0 Å². The first-order valence-electron chi connectivity index (χ1n) is 2.76. The summed E-state index contributed by atoms with van der Waals surface area (Å²) in [5, 5.41) is 11.3. The van der Waals surface area contributed by atoms with Crippen molar-refractivity contribution < 1.29 is 4.94 Å². The van der Waals surface area contributed by atoms with E-state index in [1.165, 1.54) is 5.06 Å². The van der Waals surface area contributed by atoms with E-state index in [1.807, 2.05) is 0 Å². The molecule has 6 nitrogen and oxygen atoms in total. The topological polar surface area (TPSA) is 80.1 Å². The highest BCUT2D eigenvalue weighted by atomic mass is 16.8. The third-order valence-electron chi connectivity index (χ3n) is 1.03. The SMILES string of the molecule is CN(Cc1c[nH]nn1)ON. The zero-order valence-electron chi connectivity index (χ0n) is 5.61. The molecule has 1 heterocycles. The molecule has 0 aromatic carbocycles. The van der Waals surface area contributed by atoms with Gasteiger partial charge in [-0.05, 0) is 0 Å². The van der Waals surface area contributed by atoms with Gasteiger partial charge in [0, 0.05) is 13.2 Å². The number of aromatic amines is 1. The second-order valence-electron chi connectivity index (χ2n) is 1.86. The molecule has 0 bridgehead atoms. The summed E-state index contributed by atoms with van der Waals surface area (Å²) in [6.45, 7) is 0.521. The number of aromatic nitrogens is 3. The summed E-state index contributed by atoms with van der Waals surface area (Å²) in [5.74, 6) is 4.86. The van der Waals surface area contributed by atoms with E-state index in [1.54, 1.807) is 13.2 Å². The second-order valence-corrected chi connectivity index (χ2v) is 1.86. The van der Waals surface area contributed by atoms with Crippen LogP contribution < -0.4 is 5.90 Å². The number of hydrogen-bond acceptors (Lipinski definition) is 5. The molecule has 6 heteroatoms. The van der Waals surface area contributed by atoms with Gasteiger partial charge in [0.15, 0.2) is 0 Å². The van der Waals surface area contributed by atoms with Crippen molar-refractivity contribution in [3.05, 3.63) is 11.9 Å². The highest BCUT2D eigenvalue weighted by Gasteiger charge is 1.99. The van der Waals surface area contributed by atoms with Crippen LogP contribution in [-0.2, 0) is 11.5 Å². The average molecular weight is 143 g/mol. The Morgan fingerprint density at radius 3 is 3.20 bits per heavy atom. The lowest BCUT2D eigenvalue weighted by Gasteiger charge is -2.08. The van der Waals surface area contributed by atoms with Crippen molar-refractivity contribution in [3.8, 4) is 0 Å². The van der Waals surface area contributed by atoms with E-state index in [4.69, 9.17) is 5.90 Å². The average Bonchev–Trinajstić information content (AvgIpc) is 2.40. The lowest BCUT2D eigenvalue weighted by molar-refractivity contribution is -0.151. The monoisotopic (exact) mass is 143 g/mol. The van der Waals surface area contributed by atoms with Gasteiger partial charge in [0.25, 0.3) is 0 Å². The highest BCUT2D eigenvalue weighted by Crippen LogP contribution is 1.93. The molecule has 0 unspecified atom stereocenters. The van der Waals surface area contributed by atoms with Gasteiger partial charge < -0.3 is 0 Å². The molecular formula is C4H9N5O. The van der Waals surface area contributed by atoms with Crippen LogP contribution in [0.1, 0.15) is 5.69 Å². The number of nitrogens with two attached hydrogens (primary N) is 1. The van der Waals surface area contributed by atoms with Crippen molar-refractivity contribution in [2.24, 2.45) is 5.90 Å². The maximum atomic E-state index is 4.86. The maximum absolute atomic E-state index is 4.86. The molecule has 56 valence electrons. The molecule has 0 radical (unpaired) electrons. The van der Waals surface area contributed by atoms with E-state index in [2.05, 4.69) is 20.3 Å². The van der Waals surface area contributed by atoms with Gasteiger partial charge in [-0.2, -0.15) is 11.0 Å². The molecule has 0 spiro atoms. The van der Waals surface area contributed by atoms with Crippen molar-refractivity contribution in [3.63, 3.8) is 0 Å². The van der Waals surface area contributed by atoms with Crippen LogP contribution in [0.5, 0.6) is 0 Å². The van der Waals surface area contributed by atoms with Gasteiger partial charge in [-0.1, -0.05) is 5.21 Å². The van der Waals surface area contributed by atoms with Gasteiger partial charge >= 0.3 is 0 Å². The molecule has 1 aromatic rings. The normalized spacial score (nSPS) is 10.7. The van der Waals surface area contributed by atoms with Crippen LogP contribution in [0.2, 0.25) is 0 Å². The van der Waals surface area contributed by atoms with E-state index in [-0.39, 0.29) is 0 Å². The van der Waals surface area contributed by atoms with Crippen molar-refractivity contribution in [1.82, 2.24) is 20.5 Å². The van der Waals surface area contributed by atoms with Crippen LogP contribution in [0.15, 0.2) is 6.20 Å². The third-order valence-corrected chi connectivity index (χ3v) is 1.03. The largest absolute Gasteiger partial charge is 0.265 e. The van der Waals surface area contributed by atoms with Crippen LogP contribution in [-0.4, -0.2) is 27.5 Å². The summed E-state index contributed by atoms with van der Waals surface area (Å²) in [4.78, 5) is 4.38. The van der Waals surface area contributed by atoms with Crippen molar-refractivity contribution in [2.45, 2.75) is 6.54 Å². The van der Waals surface area contributed by atoms with Crippen LogP contribution >= 0.6 is 0 Å². The van der Waals surface area contributed by atoms with Crippen LogP contribution in [0, 0.1) is 0 Å². The van der Waals surface area contributed by atoms with Gasteiger partial charge in [-0.3, -0.25) is 5.10 Å². The molecule has 0 aliphatic carbocycles. The van der Waals surface area contributed by atoms with Gasteiger partial charge in [-0.15, -0.1) is 5.10 Å². The molecule has 1 aromatic heterocycles. The van der Waals surface area contributed by atoms with Crippen LogP contribution in [0.3, 0.4) is 0 Å². The molecule has 3 N–H and O–H groups in total. The summed E-state index contributed by atoms with van der Waals surface area (Å²) in [5.41, 5.74) is 0.785. The standard InChI is InChI=1S/C4H9N5O/c1-9(10-5)3-4-2-6-8-7-4/h2H,3,5H2,1H3,(H,6,7,8). The Hall–Kier alpha value is -0.980. The first-order valence-corrected chi connectivity index (χ1v) is 2.76. The van der Waals surface area contributed by atoms with E-state index >= 15 is 0 Å². The molecule has 0 aliphatic rings. The van der Waals surface area contributed by atoms with Gasteiger partial charge in [0.05, 0.1) is 12.2 Å². The van der Waals surface area contributed by atoms with Crippen molar-refractivity contribution in [1.29, 1.82) is 0 Å². The number of nitrogens with zero attached hydrogens (tertiary/aromatic N) is 3. The van der Waals surface area contributed by atoms with E-state index in [0.717, 1.165) is 5.69 Å². The van der Waals surface area contributed by atoms with E-state index in [9.17, 15) is 0 Å². The number of rotatable bonds is 3. The predicted molar refractivity (Wildman–Crippen MR) is 33.1 cm³/mol. The zero-order valence-corrected chi connectivity index (χ0v) is 5.61. The number of H-pyrrole nitrogens is 1. The fourth-order valence-electron chi connectivity index (χ4n) is 0.568. The fourth-order valence-corrected chi connectivity index (χ4v) is 0.568. The highest BCUT2D eigenvalue weighted by molar-refractivity contribution is 4.88. The summed E-state index contributed by atoms with van der Waals surface area (Å²) < 4.78 is 0. The summed E-state index contributed by atoms with van der Waals surface area (Å²) >= 11 is 0. The Bertz CT molecular complexity index is 174. The number of hydroxylamine groups is 2. The van der Waals surface area contributed by atoms with Gasteiger partial charge in [0.2, 0.25) is 0 Å². The number of hydrogen-bond donors (Lipinski definition) is 2. The Balaban J connectivity index is 2.40. The zero-order chi connectivity index (χ0) is 7.40. The Morgan fingerprint density at radius 2 is 2.70 bits per heavy atom. The molecule has 0 atom stereocenters. The maximum Gasteiger partial charge on any atom is 0.0989 e. The molecule has 0 amide bonds. The summed E-state index contributed by atoms with van der Waals surface area (Å²) in [6, 6.07) is 0. The minimum Gasteiger partial charge on any atom is -0.265 e. The Labute approximate surface area is 57.9 Å².